The summed E-state index contributed by atoms with van der Waals surface area (Å²) in [7, 11) is 0. The number of amides is 3. The van der Waals surface area contributed by atoms with E-state index in [-0.39, 0.29) is 23.9 Å². The van der Waals surface area contributed by atoms with Crippen LogP contribution in [-0.2, 0) is 17.9 Å². The van der Waals surface area contributed by atoms with Crippen molar-refractivity contribution in [1.82, 2.24) is 29.4 Å². The Labute approximate surface area is 154 Å². The Bertz CT molecular complexity index is 1130. The topological polar surface area (TPSA) is 102 Å². The molecular weight excluding hydrogens is 348 g/mol. The van der Waals surface area contributed by atoms with Crippen LogP contribution in [0.25, 0.3) is 16.7 Å². The van der Waals surface area contributed by atoms with E-state index >= 15 is 0 Å². The first-order chi connectivity index (χ1) is 12.9. The highest BCUT2D eigenvalue weighted by atomic mass is 16.2. The van der Waals surface area contributed by atoms with Gasteiger partial charge >= 0.3 is 6.03 Å². The van der Waals surface area contributed by atoms with Gasteiger partial charge in [0.25, 0.3) is 11.5 Å². The van der Waals surface area contributed by atoms with E-state index in [0.717, 1.165) is 4.90 Å². The average molecular weight is 368 g/mol. The van der Waals surface area contributed by atoms with Gasteiger partial charge in [0, 0.05) is 6.54 Å². The maximum atomic E-state index is 12.7. The van der Waals surface area contributed by atoms with Crippen LogP contribution in [0.1, 0.15) is 26.6 Å². The number of urea groups is 1. The molecule has 1 N–H and O–H groups in total. The standard InChI is InChI=1S/C18H20N6O3/c1-4-22-15(25)11-7-5-6-8-12(11)24-13(20-21-17(22)24)9-23-16(26)14(10(2)3)19-18(23)27/h5-8,10,14H,4,9H2,1-3H3,(H,19,27). The maximum Gasteiger partial charge on any atom is 0.325 e. The number of aromatic nitrogens is 4. The molecule has 2 aromatic heterocycles. The van der Waals surface area contributed by atoms with Gasteiger partial charge in [0.2, 0.25) is 5.78 Å². The minimum atomic E-state index is -0.540. The first kappa shape index (κ1) is 17.2. The third-order valence-corrected chi connectivity index (χ3v) is 4.91. The maximum absolute atomic E-state index is 12.7. The van der Waals surface area contributed by atoms with Crippen LogP contribution in [0, 0.1) is 5.92 Å². The third kappa shape index (κ3) is 2.49. The fourth-order valence-electron chi connectivity index (χ4n) is 3.49. The monoisotopic (exact) mass is 368 g/mol. The van der Waals surface area contributed by atoms with Crippen LogP contribution in [0.4, 0.5) is 4.79 Å². The molecule has 140 valence electrons. The van der Waals surface area contributed by atoms with E-state index in [2.05, 4.69) is 15.5 Å². The molecule has 1 unspecified atom stereocenters. The number of carbonyl (C=O) groups is 2. The van der Waals surface area contributed by atoms with Crippen molar-refractivity contribution in [3.8, 4) is 0 Å². The number of hydrogen-bond donors (Lipinski definition) is 1. The van der Waals surface area contributed by atoms with E-state index in [0.29, 0.717) is 29.0 Å². The highest BCUT2D eigenvalue weighted by molar-refractivity contribution is 6.04. The smallest absolute Gasteiger partial charge is 0.325 e. The van der Waals surface area contributed by atoms with E-state index in [1.807, 2.05) is 26.8 Å². The summed E-state index contributed by atoms with van der Waals surface area (Å²) < 4.78 is 3.27. The van der Waals surface area contributed by atoms with Crippen molar-refractivity contribution in [2.75, 3.05) is 0 Å². The third-order valence-electron chi connectivity index (χ3n) is 4.91. The molecule has 4 rings (SSSR count). The first-order valence-corrected chi connectivity index (χ1v) is 8.91. The van der Waals surface area contributed by atoms with Crippen LogP contribution in [0.2, 0.25) is 0 Å². The number of hydrogen-bond acceptors (Lipinski definition) is 5. The number of benzene rings is 1. The predicted octanol–water partition coefficient (Wildman–Crippen LogP) is 1.14. The molecule has 3 aromatic rings. The van der Waals surface area contributed by atoms with Crippen molar-refractivity contribution in [3.63, 3.8) is 0 Å². The summed E-state index contributed by atoms with van der Waals surface area (Å²) in [5.41, 5.74) is 0.504. The quantitative estimate of drug-likeness (QED) is 0.696. The van der Waals surface area contributed by atoms with Crippen LogP contribution in [0.5, 0.6) is 0 Å². The number of nitrogens with one attached hydrogen (secondary N) is 1. The Balaban J connectivity index is 1.87. The van der Waals surface area contributed by atoms with Crippen molar-refractivity contribution < 1.29 is 9.59 Å². The molecular formula is C18H20N6O3. The zero-order valence-corrected chi connectivity index (χ0v) is 15.3. The van der Waals surface area contributed by atoms with E-state index in [1.165, 1.54) is 4.57 Å². The normalized spacial score (nSPS) is 17.5. The van der Waals surface area contributed by atoms with Crippen LogP contribution < -0.4 is 10.9 Å². The van der Waals surface area contributed by atoms with Gasteiger partial charge in [-0.3, -0.25) is 23.5 Å². The van der Waals surface area contributed by atoms with Crippen LogP contribution in [0.3, 0.4) is 0 Å². The number of carbonyl (C=O) groups excluding carboxylic acids is 2. The van der Waals surface area contributed by atoms with Gasteiger partial charge < -0.3 is 5.32 Å². The summed E-state index contributed by atoms with van der Waals surface area (Å²) in [4.78, 5) is 38.7. The van der Waals surface area contributed by atoms with Gasteiger partial charge in [0.1, 0.15) is 6.04 Å². The lowest BCUT2D eigenvalue weighted by Gasteiger charge is -2.14. The van der Waals surface area contributed by atoms with Crippen molar-refractivity contribution in [2.24, 2.45) is 5.92 Å². The van der Waals surface area contributed by atoms with Crippen LogP contribution in [-0.4, -0.2) is 42.0 Å². The van der Waals surface area contributed by atoms with Gasteiger partial charge in [0.05, 0.1) is 17.4 Å². The zero-order valence-electron chi connectivity index (χ0n) is 15.3. The summed E-state index contributed by atoms with van der Waals surface area (Å²) in [6.45, 7) is 6.04. The Morgan fingerprint density at radius 2 is 1.89 bits per heavy atom. The first-order valence-electron chi connectivity index (χ1n) is 8.91. The second kappa shape index (κ2) is 6.19. The van der Waals surface area contributed by atoms with Crippen molar-refractivity contribution in [1.29, 1.82) is 0 Å². The molecule has 3 heterocycles. The molecule has 3 amide bonds. The lowest BCUT2D eigenvalue weighted by Crippen LogP contribution is -2.34. The number of para-hydroxylation sites is 1. The summed E-state index contributed by atoms with van der Waals surface area (Å²) in [5.74, 6) is 0.535. The molecule has 9 nitrogen and oxygen atoms in total. The molecule has 1 aliphatic rings. The Morgan fingerprint density at radius 3 is 2.56 bits per heavy atom. The van der Waals surface area contributed by atoms with E-state index < -0.39 is 12.1 Å². The van der Waals surface area contributed by atoms with Crippen molar-refractivity contribution >= 4 is 28.6 Å². The van der Waals surface area contributed by atoms with Gasteiger partial charge in [-0.15, -0.1) is 10.2 Å². The molecule has 1 fully saturated rings. The number of nitrogens with zero attached hydrogens (tertiary/aromatic N) is 5. The molecule has 1 atom stereocenters. The minimum absolute atomic E-state index is 0.00676. The van der Waals surface area contributed by atoms with Gasteiger partial charge in [-0.25, -0.2) is 4.79 Å². The molecule has 0 aliphatic carbocycles. The average Bonchev–Trinajstić information content (AvgIpc) is 3.19. The number of imide groups is 1. The molecule has 0 saturated carbocycles. The summed E-state index contributed by atoms with van der Waals surface area (Å²) in [6.07, 6.45) is 0. The Morgan fingerprint density at radius 1 is 1.15 bits per heavy atom. The second-order valence-electron chi connectivity index (χ2n) is 6.91. The van der Waals surface area contributed by atoms with Gasteiger partial charge in [0.15, 0.2) is 5.82 Å². The van der Waals surface area contributed by atoms with E-state index in [4.69, 9.17) is 0 Å². The molecule has 0 spiro atoms. The number of aryl methyl sites for hydroxylation is 1. The molecule has 0 bridgehead atoms. The highest BCUT2D eigenvalue weighted by Crippen LogP contribution is 2.19. The molecule has 1 saturated heterocycles. The minimum Gasteiger partial charge on any atom is -0.326 e. The van der Waals surface area contributed by atoms with Gasteiger partial charge in [-0.2, -0.15) is 0 Å². The fraction of sp³-hybridized carbons (Fsp3) is 0.389. The Hall–Kier alpha value is -3.23. The lowest BCUT2D eigenvalue weighted by atomic mass is 10.1. The zero-order chi connectivity index (χ0) is 19.3. The van der Waals surface area contributed by atoms with Crippen LogP contribution >= 0.6 is 0 Å². The molecule has 1 aromatic carbocycles. The number of rotatable bonds is 4. The number of fused-ring (bicyclic) bond motifs is 3. The Kier molecular flexibility index (Phi) is 3.94. The SMILES string of the molecule is CCn1c(=O)c2ccccc2n2c(CN3C(=O)NC(C(C)C)C3=O)nnc12. The largest absolute Gasteiger partial charge is 0.326 e. The van der Waals surface area contributed by atoms with Crippen molar-refractivity contribution in [2.45, 2.75) is 39.9 Å². The van der Waals surface area contributed by atoms with Gasteiger partial charge in [-0.1, -0.05) is 26.0 Å². The fourth-order valence-corrected chi connectivity index (χ4v) is 3.49. The highest BCUT2D eigenvalue weighted by Gasteiger charge is 2.40. The predicted molar refractivity (Wildman–Crippen MR) is 98.1 cm³/mol. The molecule has 1 aliphatic heterocycles. The second-order valence-corrected chi connectivity index (χ2v) is 6.91. The van der Waals surface area contributed by atoms with E-state index in [1.54, 1.807) is 22.6 Å². The lowest BCUT2D eigenvalue weighted by molar-refractivity contribution is -0.128. The summed E-state index contributed by atoms with van der Waals surface area (Å²) in [6, 6.07) is 6.19. The summed E-state index contributed by atoms with van der Waals surface area (Å²) in [5, 5.41) is 11.6. The van der Waals surface area contributed by atoms with Gasteiger partial charge in [-0.05, 0) is 25.0 Å². The molecule has 0 radical (unpaired) electrons. The molecule has 27 heavy (non-hydrogen) atoms. The summed E-state index contributed by atoms with van der Waals surface area (Å²) >= 11 is 0. The molecule has 9 heteroatoms. The van der Waals surface area contributed by atoms with Crippen molar-refractivity contribution in [3.05, 3.63) is 40.4 Å². The van der Waals surface area contributed by atoms with Crippen LogP contribution in [0.15, 0.2) is 29.1 Å². The van der Waals surface area contributed by atoms with E-state index in [9.17, 15) is 14.4 Å².